The average molecular weight is 392 g/mol. The van der Waals surface area contributed by atoms with E-state index in [1.807, 2.05) is 44.2 Å². The van der Waals surface area contributed by atoms with Gasteiger partial charge in [-0.1, -0.05) is 43.0 Å². The number of nitrogens with one attached hydrogen (secondary N) is 1. The second-order valence-electron chi connectivity index (χ2n) is 6.20. The maximum absolute atomic E-state index is 13.3. The summed E-state index contributed by atoms with van der Waals surface area (Å²) in [7, 11) is 0. The highest BCUT2D eigenvalue weighted by Crippen LogP contribution is 2.29. The number of nitrogens with zero attached hydrogens (tertiary/aromatic N) is 2. The lowest BCUT2D eigenvalue weighted by Crippen LogP contribution is -2.12. The van der Waals surface area contributed by atoms with E-state index in [4.69, 9.17) is 0 Å². The molecule has 3 nitrogen and oxygen atoms in total. The summed E-state index contributed by atoms with van der Waals surface area (Å²) in [6, 6.07) is 16.5. The van der Waals surface area contributed by atoms with E-state index >= 15 is 0 Å². The van der Waals surface area contributed by atoms with Gasteiger partial charge in [0.15, 0.2) is 0 Å². The fourth-order valence-electron chi connectivity index (χ4n) is 2.71. The van der Waals surface area contributed by atoms with Crippen LogP contribution in [0.5, 0.6) is 0 Å². The van der Waals surface area contributed by atoms with Gasteiger partial charge in [0.1, 0.15) is 11.6 Å². The number of aromatic nitrogens is 1. The summed E-state index contributed by atoms with van der Waals surface area (Å²) in [4.78, 5) is 10.3. The van der Waals surface area contributed by atoms with Crippen LogP contribution in [0.15, 0.2) is 84.1 Å². The minimum absolute atomic E-state index is 0.266. The number of aliphatic imine (C=N–C) groups is 1. The highest BCUT2D eigenvalue weighted by atomic mass is 32.1. The van der Waals surface area contributed by atoms with Crippen molar-refractivity contribution in [3.63, 3.8) is 0 Å². The predicted molar refractivity (Wildman–Crippen MR) is 116 cm³/mol. The number of thiazole rings is 1. The number of hydrogen-bond donors (Lipinski definition) is 1. The molecule has 2 aromatic carbocycles. The highest BCUT2D eigenvalue weighted by molar-refractivity contribution is 7.14. The number of halogens is 1. The molecule has 5 heteroatoms. The van der Waals surface area contributed by atoms with Crippen LogP contribution in [0.3, 0.4) is 0 Å². The quantitative estimate of drug-likeness (QED) is 0.510. The average Bonchev–Trinajstić information content (AvgIpc) is 3.09. The van der Waals surface area contributed by atoms with Crippen LogP contribution in [0.25, 0.3) is 11.3 Å². The van der Waals surface area contributed by atoms with Crippen molar-refractivity contribution in [1.29, 1.82) is 0 Å². The molecule has 28 heavy (non-hydrogen) atoms. The van der Waals surface area contributed by atoms with Gasteiger partial charge in [0.25, 0.3) is 0 Å². The smallest absolute Gasteiger partial charge is 0.123 e. The lowest BCUT2D eigenvalue weighted by Gasteiger charge is -2.08. The Kier molecular flexibility index (Phi) is 6.50. The summed E-state index contributed by atoms with van der Waals surface area (Å²) >= 11 is 1.56. The summed E-state index contributed by atoms with van der Waals surface area (Å²) in [6.07, 6.45) is 3.88. The molecule has 3 aromatic rings. The Labute approximate surface area is 169 Å². The topological polar surface area (TPSA) is 37.3 Å². The van der Waals surface area contributed by atoms with Crippen molar-refractivity contribution in [2.45, 2.75) is 20.4 Å². The second-order valence-corrected chi connectivity index (χ2v) is 7.40. The first-order valence-corrected chi connectivity index (χ1v) is 9.80. The van der Waals surface area contributed by atoms with Gasteiger partial charge in [-0.25, -0.2) is 14.4 Å². The van der Waals surface area contributed by atoms with E-state index in [0.29, 0.717) is 12.4 Å². The summed E-state index contributed by atoms with van der Waals surface area (Å²) in [6.45, 7) is 8.59. The number of aryl methyl sites for hydroxylation is 1. The maximum atomic E-state index is 13.3. The van der Waals surface area contributed by atoms with Crippen LogP contribution in [-0.4, -0.2) is 10.7 Å². The molecule has 142 valence electrons. The number of allylic oxidation sites excluding steroid dienone is 2. The molecule has 0 fully saturated rings. The van der Waals surface area contributed by atoms with Gasteiger partial charge < -0.3 is 5.32 Å². The van der Waals surface area contributed by atoms with Crippen molar-refractivity contribution in [1.82, 2.24) is 10.3 Å². The minimum atomic E-state index is -0.266. The zero-order chi connectivity index (χ0) is 19.9. The summed E-state index contributed by atoms with van der Waals surface area (Å²) in [5, 5.41) is 4.18. The molecule has 0 unspecified atom stereocenters. The molecular weight excluding hydrogens is 369 g/mol. The first-order chi connectivity index (χ1) is 13.6. The zero-order valence-corrected chi connectivity index (χ0v) is 16.8. The molecule has 0 aliphatic carbocycles. The van der Waals surface area contributed by atoms with E-state index in [0.717, 1.165) is 32.4 Å². The van der Waals surface area contributed by atoms with Crippen LogP contribution in [-0.2, 0) is 6.54 Å². The molecule has 0 bridgehead atoms. The van der Waals surface area contributed by atoms with E-state index < -0.39 is 0 Å². The molecule has 3 rings (SSSR count). The molecule has 1 N–H and O–H groups in total. The van der Waals surface area contributed by atoms with E-state index in [-0.39, 0.29) is 5.82 Å². The van der Waals surface area contributed by atoms with Gasteiger partial charge in [0.05, 0.1) is 21.3 Å². The maximum Gasteiger partial charge on any atom is 0.123 e. The van der Waals surface area contributed by atoms with Crippen molar-refractivity contribution in [2.24, 2.45) is 4.99 Å². The third-order valence-electron chi connectivity index (χ3n) is 4.00. The van der Waals surface area contributed by atoms with Crippen LogP contribution in [0.1, 0.15) is 22.4 Å². The SMILES string of the molecule is C=C(/N=C(\C=C/C)c1sc(C)nc1-c1ccc(F)cc1)NCc1ccccc1. The molecular formula is C23H22FN3S. The molecule has 0 saturated carbocycles. The van der Waals surface area contributed by atoms with Crippen molar-refractivity contribution < 1.29 is 4.39 Å². The molecule has 0 atom stereocenters. The molecule has 0 saturated heterocycles. The van der Waals surface area contributed by atoms with Crippen LogP contribution < -0.4 is 5.32 Å². The van der Waals surface area contributed by atoms with E-state index in [9.17, 15) is 4.39 Å². The Hall–Kier alpha value is -3.05. The molecule has 1 heterocycles. The Bertz CT molecular complexity index is 1000. The third-order valence-corrected chi connectivity index (χ3v) is 5.00. The van der Waals surface area contributed by atoms with Gasteiger partial charge in [0.2, 0.25) is 0 Å². The van der Waals surface area contributed by atoms with Gasteiger partial charge >= 0.3 is 0 Å². The van der Waals surface area contributed by atoms with E-state index in [2.05, 4.69) is 34.0 Å². The Morgan fingerprint density at radius 2 is 1.89 bits per heavy atom. The van der Waals surface area contributed by atoms with Gasteiger partial charge in [0, 0.05) is 12.1 Å². The van der Waals surface area contributed by atoms with Gasteiger partial charge in [-0.05, 0) is 49.8 Å². The monoisotopic (exact) mass is 391 g/mol. The first-order valence-electron chi connectivity index (χ1n) is 8.98. The lowest BCUT2D eigenvalue weighted by molar-refractivity contribution is 0.628. The molecule has 0 aliphatic heterocycles. The molecule has 0 amide bonds. The van der Waals surface area contributed by atoms with Crippen LogP contribution in [0.4, 0.5) is 4.39 Å². The normalized spacial score (nSPS) is 11.8. The van der Waals surface area contributed by atoms with Crippen molar-refractivity contribution >= 4 is 17.0 Å². The summed E-state index contributed by atoms with van der Waals surface area (Å²) in [5.74, 6) is 0.311. The largest absolute Gasteiger partial charge is 0.366 e. The van der Waals surface area contributed by atoms with Crippen molar-refractivity contribution in [2.75, 3.05) is 0 Å². The summed E-state index contributed by atoms with van der Waals surface area (Å²) in [5.41, 5.74) is 3.60. The molecule has 0 aliphatic rings. The molecule has 0 spiro atoms. The van der Waals surface area contributed by atoms with Crippen LogP contribution in [0.2, 0.25) is 0 Å². The number of rotatable bonds is 7. The van der Waals surface area contributed by atoms with Crippen molar-refractivity contribution in [3.8, 4) is 11.3 Å². The first kappa shape index (κ1) is 19.7. The van der Waals surface area contributed by atoms with Gasteiger partial charge in [-0.15, -0.1) is 11.3 Å². The fraction of sp³-hybridized carbons (Fsp3) is 0.130. The van der Waals surface area contributed by atoms with Crippen LogP contribution in [0, 0.1) is 12.7 Å². The van der Waals surface area contributed by atoms with Crippen molar-refractivity contribution in [3.05, 3.63) is 100 Å². The van der Waals surface area contributed by atoms with Gasteiger partial charge in [-0.3, -0.25) is 0 Å². The van der Waals surface area contributed by atoms with Gasteiger partial charge in [-0.2, -0.15) is 0 Å². The number of benzene rings is 2. The highest BCUT2D eigenvalue weighted by Gasteiger charge is 2.15. The zero-order valence-electron chi connectivity index (χ0n) is 15.9. The van der Waals surface area contributed by atoms with Crippen LogP contribution >= 0.6 is 11.3 Å². The molecule has 0 radical (unpaired) electrons. The Balaban J connectivity index is 1.88. The van der Waals surface area contributed by atoms with E-state index in [1.54, 1.807) is 23.5 Å². The Morgan fingerprint density at radius 1 is 1.18 bits per heavy atom. The fourth-order valence-corrected chi connectivity index (χ4v) is 3.62. The number of hydrogen-bond acceptors (Lipinski definition) is 4. The second kappa shape index (κ2) is 9.24. The summed E-state index contributed by atoms with van der Waals surface area (Å²) < 4.78 is 13.3. The minimum Gasteiger partial charge on any atom is -0.366 e. The Morgan fingerprint density at radius 3 is 2.57 bits per heavy atom. The standard InChI is InChI=1S/C23H22FN3S/c1-4-8-21(26-16(2)25-15-18-9-6-5-7-10-18)23-22(27-17(3)28-23)19-11-13-20(24)14-12-19/h4-14,25H,2,15H2,1,3H3/b8-4-,26-21+. The molecule has 1 aromatic heterocycles. The van der Waals surface area contributed by atoms with E-state index in [1.165, 1.54) is 12.1 Å². The predicted octanol–water partition coefficient (Wildman–Crippen LogP) is 5.88. The third kappa shape index (κ3) is 5.02. The lowest BCUT2D eigenvalue weighted by atomic mass is 10.1.